The van der Waals surface area contributed by atoms with Crippen LogP contribution in [-0.4, -0.2) is 34.0 Å². The molecule has 1 aromatic heterocycles. The predicted molar refractivity (Wildman–Crippen MR) is 88.5 cm³/mol. The van der Waals surface area contributed by atoms with E-state index in [1.54, 1.807) is 39.1 Å². The molecule has 0 bridgehead atoms. The number of rotatable bonds is 3. The van der Waals surface area contributed by atoms with Gasteiger partial charge in [-0.3, -0.25) is 14.7 Å². The number of nitrogens with one attached hydrogen (secondary N) is 1. The number of carbonyl (C=O) groups is 2. The van der Waals surface area contributed by atoms with Crippen LogP contribution in [0, 0.1) is 13.8 Å². The molecule has 2 aromatic rings. The van der Waals surface area contributed by atoms with Crippen LogP contribution in [0.5, 0.6) is 0 Å². The van der Waals surface area contributed by atoms with Gasteiger partial charge in [0.2, 0.25) is 0 Å². The maximum Gasteiger partial charge on any atom is 0.263 e. The Bertz CT molecular complexity index is 810. The number of fused-ring (bicyclic) bond motifs is 1. The predicted octanol–water partition coefficient (Wildman–Crippen LogP) is 2.23. The molecular weight excluding hydrogens is 362 g/mol. The Hall–Kier alpha value is -1.99. The van der Waals surface area contributed by atoms with Gasteiger partial charge in [0.25, 0.3) is 5.91 Å². The standard InChI is InChI=1S/C16H16BrN3O3/c1-8-14(9(2)19-18-8)13(21)7-16(23)11-6-10(17)4-5-12(11)20(3)15(16)22/h4-6,23H,7H2,1-3H3,(H,18,19)/t16-/m0/s1. The number of aromatic amines is 1. The van der Waals surface area contributed by atoms with Gasteiger partial charge in [-0.15, -0.1) is 0 Å². The third-order valence-electron chi connectivity index (χ3n) is 4.25. The lowest BCUT2D eigenvalue weighted by atomic mass is 9.87. The third-order valence-corrected chi connectivity index (χ3v) is 4.74. The summed E-state index contributed by atoms with van der Waals surface area (Å²) in [5.41, 5.74) is 0.799. The summed E-state index contributed by atoms with van der Waals surface area (Å²) in [7, 11) is 1.59. The van der Waals surface area contributed by atoms with Gasteiger partial charge < -0.3 is 10.0 Å². The van der Waals surface area contributed by atoms with Gasteiger partial charge in [0.1, 0.15) is 0 Å². The van der Waals surface area contributed by atoms with Crippen molar-refractivity contribution in [2.24, 2.45) is 0 Å². The van der Waals surface area contributed by atoms with Crippen LogP contribution in [-0.2, 0) is 10.4 Å². The van der Waals surface area contributed by atoms with E-state index in [2.05, 4.69) is 26.1 Å². The maximum atomic E-state index is 12.7. The number of anilines is 1. The molecule has 3 rings (SSSR count). The number of hydrogen-bond donors (Lipinski definition) is 2. The minimum atomic E-state index is -1.86. The minimum Gasteiger partial charge on any atom is -0.375 e. The van der Waals surface area contributed by atoms with E-state index in [4.69, 9.17) is 0 Å². The molecule has 23 heavy (non-hydrogen) atoms. The second-order valence-electron chi connectivity index (χ2n) is 5.79. The summed E-state index contributed by atoms with van der Waals surface area (Å²) in [6.45, 7) is 3.46. The highest BCUT2D eigenvalue weighted by Gasteiger charge is 2.50. The summed E-state index contributed by atoms with van der Waals surface area (Å²) in [5, 5.41) is 17.7. The van der Waals surface area contributed by atoms with Gasteiger partial charge in [-0.25, -0.2) is 0 Å². The first-order valence-electron chi connectivity index (χ1n) is 7.11. The number of Topliss-reactive ketones (excluding diaryl/α,β-unsaturated/α-hetero) is 1. The highest BCUT2D eigenvalue weighted by Crippen LogP contribution is 2.43. The number of aromatic nitrogens is 2. The summed E-state index contributed by atoms with van der Waals surface area (Å²) in [6.07, 6.45) is -0.319. The molecule has 0 radical (unpaired) electrons. The molecular formula is C16H16BrN3O3. The summed E-state index contributed by atoms with van der Waals surface area (Å²) in [5.74, 6) is -0.816. The van der Waals surface area contributed by atoms with Gasteiger partial charge >= 0.3 is 0 Å². The molecule has 0 unspecified atom stereocenters. The Labute approximate surface area is 141 Å². The van der Waals surface area contributed by atoms with Gasteiger partial charge in [-0.05, 0) is 32.0 Å². The number of amides is 1. The third kappa shape index (κ3) is 2.31. The molecule has 2 N–H and O–H groups in total. The van der Waals surface area contributed by atoms with Gasteiger partial charge in [-0.2, -0.15) is 5.10 Å². The zero-order valence-corrected chi connectivity index (χ0v) is 14.6. The first-order chi connectivity index (χ1) is 10.8. The number of carbonyl (C=O) groups excluding carboxylic acids is 2. The molecule has 1 atom stereocenters. The van der Waals surface area contributed by atoms with Crippen LogP contribution < -0.4 is 4.90 Å². The van der Waals surface area contributed by atoms with Crippen molar-refractivity contribution < 1.29 is 14.7 Å². The normalized spacial score (nSPS) is 20.0. The van der Waals surface area contributed by atoms with Crippen LogP contribution in [0.2, 0.25) is 0 Å². The Kier molecular flexibility index (Phi) is 3.65. The van der Waals surface area contributed by atoms with Gasteiger partial charge in [0.15, 0.2) is 11.4 Å². The summed E-state index contributed by atoms with van der Waals surface area (Å²) in [4.78, 5) is 26.6. The van der Waals surface area contributed by atoms with Gasteiger partial charge in [0, 0.05) is 22.8 Å². The van der Waals surface area contributed by atoms with Crippen molar-refractivity contribution >= 4 is 33.3 Å². The topological polar surface area (TPSA) is 86.3 Å². The highest BCUT2D eigenvalue weighted by atomic mass is 79.9. The second kappa shape index (κ2) is 5.28. The molecule has 0 aliphatic carbocycles. The van der Waals surface area contributed by atoms with Crippen molar-refractivity contribution in [3.63, 3.8) is 0 Å². The average molecular weight is 378 g/mol. The number of H-pyrrole nitrogens is 1. The van der Waals surface area contributed by atoms with E-state index in [0.29, 0.717) is 28.2 Å². The fraction of sp³-hybridized carbons (Fsp3) is 0.312. The number of aryl methyl sites for hydroxylation is 2. The Morgan fingerprint density at radius 2 is 2.13 bits per heavy atom. The van der Waals surface area contributed by atoms with Crippen LogP contribution in [0.4, 0.5) is 5.69 Å². The van der Waals surface area contributed by atoms with Crippen molar-refractivity contribution in [2.45, 2.75) is 25.9 Å². The molecule has 120 valence electrons. The molecule has 0 saturated heterocycles. The molecule has 7 heteroatoms. The Morgan fingerprint density at radius 1 is 1.43 bits per heavy atom. The first-order valence-corrected chi connectivity index (χ1v) is 7.90. The summed E-state index contributed by atoms with van der Waals surface area (Å²) >= 11 is 3.34. The number of aliphatic hydroxyl groups is 1. The van der Waals surface area contributed by atoms with E-state index in [9.17, 15) is 14.7 Å². The van der Waals surface area contributed by atoms with Crippen LogP contribution in [0.25, 0.3) is 0 Å². The summed E-state index contributed by atoms with van der Waals surface area (Å²) in [6, 6.07) is 5.22. The minimum absolute atomic E-state index is 0.314. The molecule has 1 aliphatic heterocycles. The molecule has 0 spiro atoms. The van der Waals surface area contributed by atoms with E-state index in [-0.39, 0.29) is 12.2 Å². The van der Waals surface area contributed by atoms with Crippen LogP contribution in [0.15, 0.2) is 22.7 Å². The molecule has 6 nitrogen and oxygen atoms in total. The van der Waals surface area contributed by atoms with Crippen molar-refractivity contribution in [1.82, 2.24) is 10.2 Å². The second-order valence-corrected chi connectivity index (χ2v) is 6.71. The zero-order valence-electron chi connectivity index (χ0n) is 13.0. The molecule has 0 saturated carbocycles. The fourth-order valence-corrected chi connectivity index (χ4v) is 3.45. The van der Waals surface area contributed by atoms with Gasteiger partial charge in [-0.1, -0.05) is 15.9 Å². The molecule has 1 amide bonds. The molecule has 2 heterocycles. The van der Waals surface area contributed by atoms with E-state index in [0.717, 1.165) is 4.47 Å². The SMILES string of the molecule is Cc1n[nH]c(C)c1C(=O)C[C@@]1(O)C(=O)N(C)c2ccc(Br)cc21. The lowest BCUT2D eigenvalue weighted by Gasteiger charge is -2.21. The molecule has 0 fully saturated rings. The number of nitrogens with zero attached hydrogens (tertiary/aromatic N) is 2. The number of benzene rings is 1. The zero-order chi connectivity index (χ0) is 16.9. The van der Waals surface area contributed by atoms with Gasteiger partial charge in [0.05, 0.1) is 23.4 Å². The maximum absolute atomic E-state index is 12.7. The fourth-order valence-electron chi connectivity index (χ4n) is 3.09. The van der Waals surface area contributed by atoms with Crippen LogP contribution >= 0.6 is 15.9 Å². The number of halogens is 1. The average Bonchev–Trinajstić information content (AvgIpc) is 2.91. The quantitative estimate of drug-likeness (QED) is 0.802. The first kappa shape index (κ1) is 15.9. The van der Waals surface area contributed by atoms with E-state index in [1.807, 2.05) is 0 Å². The van der Waals surface area contributed by atoms with Crippen LogP contribution in [0.1, 0.15) is 33.7 Å². The Morgan fingerprint density at radius 3 is 2.74 bits per heavy atom. The van der Waals surface area contributed by atoms with Crippen molar-refractivity contribution in [2.75, 3.05) is 11.9 Å². The highest BCUT2D eigenvalue weighted by molar-refractivity contribution is 9.10. The smallest absolute Gasteiger partial charge is 0.263 e. The van der Waals surface area contributed by atoms with E-state index in [1.165, 1.54) is 4.90 Å². The number of ketones is 1. The van der Waals surface area contributed by atoms with Crippen molar-refractivity contribution in [1.29, 1.82) is 0 Å². The lowest BCUT2D eigenvalue weighted by Crippen LogP contribution is -2.40. The number of likely N-dealkylation sites (N-methyl/N-ethyl adjacent to an activating group) is 1. The number of hydrogen-bond acceptors (Lipinski definition) is 4. The Balaban J connectivity index is 2.04. The van der Waals surface area contributed by atoms with Crippen LogP contribution in [0.3, 0.4) is 0 Å². The largest absolute Gasteiger partial charge is 0.375 e. The monoisotopic (exact) mass is 377 g/mol. The molecule has 1 aromatic carbocycles. The van der Waals surface area contributed by atoms with E-state index >= 15 is 0 Å². The summed E-state index contributed by atoms with van der Waals surface area (Å²) < 4.78 is 0.737. The lowest BCUT2D eigenvalue weighted by molar-refractivity contribution is -0.135. The molecule has 1 aliphatic rings. The van der Waals surface area contributed by atoms with Crippen molar-refractivity contribution in [3.8, 4) is 0 Å². The van der Waals surface area contributed by atoms with E-state index < -0.39 is 11.5 Å². The van der Waals surface area contributed by atoms with Crippen molar-refractivity contribution in [3.05, 3.63) is 45.2 Å².